The average Bonchev–Trinajstić information content (AvgIpc) is 2.89. The Morgan fingerprint density at radius 1 is 1.21 bits per heavy atom. The van der Waals surface area contributed by atoms with Crippen LogP contribution in [0.2, 0.25) is 0 Å². The number of aliphatic imine (C=N–C) groups is 1. The minimum atomic E-state index is -0.429. The molecule has 120 valence electrons. The van der Waals surface area contributed by atoms with Gasteiger partial charge in [-0.05, 0) is 42.5 Å². The number of rotatable bonds is 3. The van der Waals surface area contributed by atoms with E-state index in [0.717, 1.165) is 5.69 Å². The Morgan fingerprint density at radius 3 is 2.67 bits per heavy atom. The van der Waals surface area contributed by atoms with E-state index in [0.29, 0.717) is 21.2 Å². The van der Waals surface area contributed by atoms with Gasteiger partial charge in [-0.1, -0.05) is 30.3 Å². The molecular formula is C17H13N3O3S. The topological polar surface area (TPSA) is 84.6 Å². The summed E-state index contributed by atoms with van der Waals surface area (Å²) in [6.45, 7) is 1.68. The molecule has 0 atom stereocenters. The maximum Gasteiger partial charge on any atom is 0.272 e. The summed E-state index contributed by atoms with van der Waals surface area (Å²) >= 11 is 1.21. The Morgan fingerprint density at radius 2 is 1.96 bits per heavy atom. The van der Waals surface area contributed by atoms with Gasteiger partial charge in [0.05, 0.1) is 15.5 Å². The van der Waals surface area contributed by atoms with Gasteiger partial charge in [-0.25, -0.2) is 4.99 Å². The minimum absolute atomic E-state index is 0.0333. The van der Waals surface area contributed by atoms with Crippen molar-refractivity contribution in [3.8, 4) is 0 Å². The fourth-order valence-electron chi connectivity index (χ4n) is 2.16. The van der Waals surface area contributed by atoms with Crippen LogP contribution in [-0.4, -0.2) is 16.0 Å². The fourth-order valence-corrected chi connectivity index (χ4v) is 3.01. The third kappa shape index (κ3) is 3.52. The summed E-state index contributed by atoms with van der Waals surface area (Å²) in [5, 5.41) is 14.2. The van der Waals surface area contributed by atoms with E-state index in [1.54, 1.807) is 25.1 Å². The number of nitrogens with zero attached hydrogens (tertiary/aromatic N) is 2. The van der Waals surface area contributed by atoms with Gasteiger partial charge < -0.3 is 5.32 Å². The van der Waals surface area contributed by atoms with Crippen LogP contribution in [0.5, 0.6) is 0 Å². The molecule has 1 heterocycles. The number of amidine groups is 1. The highest BCUT2D eigenvalue weighted by Gasteiger charge is 2.24. The molecule has 1 aliphatic heterocycles. The van der Waals surface area contributed by atoms with E-state index in [9.17, 15) is 14.9 Å². The van der Waals surface area contributed by atoms with Gasteiger partial charge in [0, 0.05) is 11.6 Å². The summed E-state index contributed by atoms with van der Waals surface area (Å²) in [6.07, 6.45) is 1.62. The van der Waals surface area contributed by atoms with Crippen LogP contribution in [0.3, 0.4) is 0 Å². The first-order chi connectivity index (χ1) is 11.5. The van der Waals surface area contributed by atoms with E-state index < -0.39 is 4.92 Å². The lowest BCUT2D eigenvalue weighted by Crippen LogP contribution is -2.19. The average molecular weight is 339 g/mol. The highest BCUT2D eigenvalue weighted by Crippen LogP contribution is 2.29. The second kappa shape index (κ2) is 6.67. The molecule has 0 spiro atoms. The zero-order valence-electron chi connectivity index (χ0n) is 12.7. The van der Waals surface area contributed by atoms with E-state index in [1.165, 1.54) is 17.8 Å². The first-order valence-electron chi connectivity index (χ1n) is 7.12. The number of nitro benzene ring substituents is 1. The number of amides is 1. The molecule has 1 saturated heterocycles. The number of aryl methyl sites for hydroxylation is 1. The smallest absolute Gasteiger partial charge is 0.272 e. The van der Waals surface area contributed by atoms with Crippen molar-refractivity contribution in [2.75, 3.05) is 0 Å². The van der Waals surface area contributed by atoms with Crippen LogP contribution >= 0.6 is 11.8 Å². The van der Waals surface area contributed by atoms with Gasteiger partial charge in [-0.15, -0.1) is 0 Å². The Labute approximate surface area is 142 Å². The lowest BCUT2D eigenvalue weighted by molar-refractivity contribution is -0.385. The molecule has 0 radical (unpaired) electrons. The van der Waals surface area contributed by atoms with Crippen molar-refractivity contribution >= 4 is 40.3 Å². The van der Waals surface area contributed by atoms with Crippen LogP contribution in [0.1, 0.15) is 11.1 Å². The van der Waals surface area contributed by atoms with Crippen LogP contribution < -0.4 is 5.32 Å². The number of para-hydroxylation sites is 1. The number of nitro groups is 1. The third-order valence-electron chi connectivity index (χ3n) is 3.37. The Balaban J connectivity index is 1.87. The zero-order chi connectivity index (χ0) is 17.1. The Bertz CT molecular complexity index is 876. The molecule has 0 aliphatic carbocycles. The highest BCUT2D eigenvalue weighted by atomic mass is 32.2. The molecule has 0 saturated carbocycles. The van der Waals surface area contributed by atoms with E-state index in [-0.39, 0.29) is 11.6 Å². The lowest BCUT2D eigenvalue weighted by Gasteiger charge is -1.99. The lowest BCUT2D eigenvalue weighted by atomic mass is 10.1. The molecule has 3 rings (SSSR count). The molecule has 1 aliphatic rings. The second-order valence-electron chi connectivity index (χ2n) is 5.12. The SMILES string of the molecule is Cc1ccc(/C=C2\SC(=Nc3ccccc3)NC2=O)cc1[N+](=O)[O-]. The first kappa shape index (κ1) is 15.9. The third-order valence-corrected chi connectivity index (χ3v) is 4.28. The van der Waals surface area contributed by atoms with Gasteiger partial charge in [0.15, 0.2) is 5.17 Å². The molecule has 6 nitrogen and oxygen atoms in total. The van der Waals surface area contributed by atoms with Gasteiger partial charge in [-0.3, -0.25) is 14.9 Å². The standard InChI is InChI=1S/C17H13N3O3S/c1-11-7-8-12(9-14(11)20(22)23)10-15-16(21)19-17(24-15)18-13-5-3-2-4-6-13/h2-10H,1H3,(H,18,19,21)/b15-10-. The maximum absolute atomic E-state index is 12.1. The van der Waals surface area contributed by atoms with Crippen molar-refractivity contribution in [1.82, 2.24) is 5.32 Å². The van der Waals surface area contributed by atoms with E-state index in [1.807, 2.05) is 30.3 Å². The molecule has 0 unspecified atom stereocenters. The van der Waals surface area contributed by atoms with E-state index in [2.05, 4.69) is 10.3 Å². The summed E-state index contributed by atoms with van der Waals surface area (Å²) < 4.78 is 0. The van der Waals surface area contributed by atoms with Gasteiger partial charge >= 0.3 is 0 Å². The molecular weight excluding hydrogens is 326 g/mol. The molecule has 0 bridgehead atoms. The Kier molecular flexibility index (Phi) is 4.43. The molecule has 1 fully saturated rings. The van der Waals surface area contributed by atoms with E-state index in [4.69, 9.17) is 0 Å². The predicted molar refractivity (Wildman–Crippen MR) is 95.1 cm³/mol. The van der Waals surface area contributed by atoms with Crippen LogP contribution in [0, 0.1) is 17.0 Å². The van der Waals surface area contributed by atoms with Crippen LogP contribution in [0.4, 0.5) is 11.4 Å². The number of thioether (sulfide) groups is 1. The molecule has 24 heavy (non-hydrogen) atoms. The second-order valence-corrected chi connectivity index (χ2v) is 6.15. The summed E-state index contributed by atoms with van der Waals surface area (Å²) in [5.74, 6) is -0.266. The van der Waals surface area contributed by atoms with Gasteiger partial charge in [0.1, 0.15) is 0 Å². The number of hydrogen-bond acceptors (Lipinski definition) is 5. The fraction of sp³-hybridized carbons (Fsp3) is 0.0588. The van der Waals surface area contributed by atoms with Crippen LogP contribution in [0.25, 0.3) is 6.08 Å². The monoisotopic (exact) mass is 339 g/mol. The molecule has 1 N–H and O–H groups in total. The largest absolute Gasteiger partial charge is 0.300 e. The first-order valence-corrected chi connectivity index (χ1v) is 7.94. The summed E-state index contributed by atoms with van der Waals surface area (Å²) in [4.78, 5) is 27.4. The minimum Gasteiger partial charge on any atom is -0.300 e. The number of benzene rings is 2. The number of carbonyl (C=O) groups excluding carboxylic acids is 1. The van der Waals surface area contributed by atoms with E-state index >= 15 is 0 Å². The molecule has 7 heteroatoms. The van der Waals surface area contributed by atoms with Crippen molar-refractivity contribution in [3.05, 3.63) is 74.7 Å². The molecule has 2 aromatic carbocycles. The maximum atomic E-state index is 12.1. The molecule has 2 aromatic rings. The van der Waals surface area contributed by atoms with Crippen molar-refractivity contribution in [2.24, 2.45) is 4.99 Å². The molecule has 1 amide bonds. The summed E-state index contributed by atoms with van der Waals surface area (Å²) in [5.41, 5.74) is 1.96. The number of nitrogens with one attached hydrogen (secondary N) is 1. The normalized spacial score (nSPS) is 17.3. The summed E-state index contributed by atoms with van der Waals surface area (Å²) in [7, 11) is 0. The predicted octanol–water partition coefficient (Wildman–Crippen LogP) is 3.79. The highest BCUT2D eigenvalue weighted by molar-refractivity contribution is 8.18. The summed E-state index contributed by atoms with van der Waals surface area (Å²) in [6, 6.07) is 14.2. The van der Waals surface area contributed by atoms with Crippen molar-refractivity contribution in [1.29, 1.82) is 0 Å². The van der Waals surface area contributed by atoms with Crippen molar-refractivity contribution in [3.63, 3.8) is 0 Å². The van der Waals surface area contributed by atoms with Gasteiger partial charge in [0.2, 0.25) is 0 Å². The molecule has 0 aromatic heterocycles. The quantitative estimate of drug-likeness (QED) is 0.524. The van der Waals surface area contributed by atoms with Crippen LogP contribution in [-0.2, 0) is 4.79 Å². The van der Waals surface area contributed by atoms with Gasteiger partial charge in [0.25, 0.3) is 11.6 Å². The number of carbonyl (C=O) groups is 1. The number of hydrogen-bond donors (Lipinski definition) is 1. The Hall–Kier alpha value is -2.93. The zero-order valence-corrected chi connectivity index (χ0v) is 13.5. The van der Waals surface area contributed by atoms with Crippen molar-refractivity contribution in [2.45, 2.75) is 6.92 Å². The van der Waals surface area contributed by atoms with Crippen molar-refractivity contribution < 1.29 is 9.72 Å². The van der Waals surface area contributed by atoms with Crippen LogP contribution in [0.15, 0.2) is 58.4 Å². The van der Waals surface area contributed by atoms with Gasteiger partial charge in [-0.2, -0.15) is 0 Å².